The monoisotopic (exact) mass is 478 g/mol. The van der Waals surface area contributed by atoms with Gasteiger partial charge in [0, 0.05) is 5.69 Å². The first-order valence-corrected chi connectivity index (χ1v) is 10.5. The molecule has 0 spiro atoms. The zero-order chi connectivity index (χ0) is 24.2. The van der Waals surface area contributed by atoms with Crippen molar-refractivity contribution >= 4 is 40.8 Å². The van der Waals surface area contributed by atoms with Crippen molar-refractivity contribution in [3.8, 4) is 17.2 Å². The Morgan fingerprint density at radius 1 is 0.824 bits per heavy atom. The highest BCUT2D eigenvalue weighted by atomic mass is 35.5. The van der Waals surface area contributed by atoms with Crippen molar-refractivity contribution in [3.63, 3.8) is 0 Å². The molecule has 0 unspecified atom stereocenters. The molecular weight excluding hydrogens is 460 g/mol. The standard InChI is InChI=1S/C25H19ClN2O6/c1-32-18-13-11-17(12-14-18)28-23(29)21(26)22(24(28)30)27-16-9-7-15(8-10-16)25(31)34-20-6-4-3-5-19(20)33-2/h3-14,27H,1-2H3. The van der Waals surface area contributed by atoms with E-state index in [-0.39, 0.29) is 16.3 Å². The van der Waals surface area contributed by atoms with Crippen LogP contribution in [0.1, 0.15) is 10.4 Å². The molecule has 172 valence electrons. The molecule has 3 aromatic rings. The molecule has 0 aromatic heterocycles. The van der Waals surface area contributed by atoms with Crippen LogP contribution in [0.3, 0.4) is 0 Å². The molecule has 1 heterocycles. The third-order valence-corrected chi connectivity index (χ3v) is 5.37. The third kappa shape index (κ3) is 4.44. The smallest absolute Gasteiger partial charge is 0.343 e. The zero-order valence-electron chi connectivity index (χ0n) is 18.2. The van der Waals surface area contributed by atoms with Gasteiger partial charge in [-0.05, 0) is 60.7 Å². The SMILES string of the molecule is COc1ccc(N2C(=O)C(Cl)=C(Nc3ccc(C(=O)Oc4ccccc4OC)cc3)C2=O)cc1. The molecule has 1 N–H and O–H groups in total. The molecule has 3 aromatic carbocycles. The fourth-order valence-electron chi connectivity index (χ4n) is 3.27. The van der Waals surface area contributed by atoms with E-state index in [2.05, 4.69) is 5.32 Å². The number of imide groups is 1. The molecule has 1 aliphatic heterocycles. The molecule has 2 amide bonds. The van der Waals surface area contributed by atoms with Gasteiger partial charge in [-0.25, -0.2) is 9.69 Å². The minimum Gasteiger partial charge on any atom is -0.497 e. The summed E-state index contributed by atoms with van der Waals surface area (Å²) in [6, 6.07) is 19.4. The van der Waals surface area contributed by atoms with Gasteiger partial charge in [0.25, 0.3) is 11.8 Å². The molecule has 0 saturated carbocycles. The summed E-state index contributed by atoms with van der Waals surface area (Å²) in [4.78, 5) is 39.0. The van der Waals surface area contributed by atoms with Gasteiger partial charge in [-0.2, -0.15) is 0 Å². The fourth-order valence-corrected chi connectivity index (χ4v) is 3.49. The van der Waals surface area contributed by atoms with Gasteiger partial charge in [-0.15, -0.1) is 0 Å². The number of hydrogen-bond acceptors (Lipinski definition) is 7. The number of anilines is 2. The molecule has 0 atom stereocenters. The average molecular weight is 479 g/mol. The number of benzene rings is 3. The molecule has 4 rings (SSSR count). The van der Waals surface area contributed by atoms with Crippen molar-refractivity contribution in [1.29, 1.82) is 0 Å². The van der Waals surface area contributed by atoms with Crippen LogP contribution in [0.4, 0.5) is 11.4 Å². The summed E-state index contributed by atoms with van der Waals surface area (Å²) in [5.41, 5.74) is 1.04. The van der Waals surface area contributed by atoms with Gasteiger partial charge in [0.05, 0.1) is 25.5 Å². The lowest BCUT2D eigenvalue weighted by Gasteiger charge is -2.15. The Bertz CT molecular complexity index is 1290. The molecular formula is C25H19ClN2O6. The predicted molar refractivity (Wildman–Crippen MR) is 126 cm³/mol. The van der Waals surface area contributed by atoms with Crippen LogP contribution in [0.5, 0.6) is 17.2 Å². The molecule has 1 aliphatic rings. The summed E-state index contributed by atoms with van der Waals surface area (Å²) in [5.74, 6) is -0.504. The van der Waals surface area contributed by atoms with Gasteiger partial charge in [0.1, 0.15) is 16.5 Å². The summed E-state index contributed by atoms with van der Waals surface area (Å²) < 4.78 is 15.7. The van der Waals surface area contributed by atoms with E-state index < -0.39 is 17.8 Å². The Morgan fingerprint density at radius 2 is 1.47 bits per heavy atom. The fraction of sp³-hybridized carbons (Fsp3) is 0.0800. The summed E-state index contributed by atoms with van der Waals surface area (Å²) in [5, 5.41) is 2.63. The van der Waals surface area contributed by atoms with Gasteiger partial charge in [-0.3, -0.25) is 9.59 Å². The first-order valence-electron chi connectivity index (χ1n) is 10.1. The van der Waals surface area contributed by atoms with Gasteiger partial charge in [-0.1, -0.05) is 23.7 Å². The number of ether oxygens (including phenoxy) is 3. The maximum absolute atomic E-state index is 12.9. The molecule has 9 heteroatoms. The van der Waals surface area contributed by atoms with Crippen molar-refractivity contribution < 1.29 is 28.6 Å². The number of nitrogens with zero attached hydrogens (tertiary/aromatic N) is 1. The Kier molecular flexibility index (Phi) is 6.51. The lowest BCUT2D eigenvalue weighted by molar-refractivity contribution is -0.120. The summed E-state index contributed by atoms with van der Waals surface area (Å²) in [7, 11) is 3.00. The first kappa shape index (κ1) is 22.9. The minimum atomic E-state index is -0.642. The van der Waals surface area contributed by atoms with E-state index in [1.165, 1.54) is 26.4 Å². The van der Waals surface area contributed by atoms with Crippen LogP contribution < -0.4 is 24.4 Å². The second-order valence-corrected chi connectivity index (χ2v) is 7.45. The van der Waals surface area contributed by atoms with E-state index in [1.807, 2.05) is 0 Å². The Labute approximate surface area is 200 Å². The van der Waals surface area contributed by atoms with Crippen LogP contribution >= 0.6 is 11.6 Å². The summed E-state index contributed by atoms with van der Waals surface area (Å²) in [6.45, 7) is 0. The van der Waals surface area contributed by atoms with Gasteiger partial charge in [0.2, 0.25) is 0 Å². The van der Waals surface area contributed by atoms with E-state index in [4.69, 9.17) is 25.8 Å². The molecule has 8 nitrogen and oxygen atoms in total. The maximum Gasteiger partial charge on any atom is 0.343 e. The van der Waals surface area contributed by atoms with E-state index in [0.29, 0.717) is 28.6 Å². The summed E-state index contributed by atoms with van der Waals surface area (Å²) >= 11 is 6.17. The number of para-hydroxylation sites is 2. The van der Waals surface area contributed by atoms with Crippen LogP contribution in [-0.4, -0.2) is 32.0 Å². The van der Waals surface area contributed by atoms with Crippen molar-refractivity contribution in [2.24, 2.45) is 0 Å². The molecule has 0 saturated heterocycles. The first-order chi connectivity index (χ1) is 16.4. The lowest BCUT2D eigenvalue weighted by Crippen LogP contribution is -2.32. The number of methoxy groups -OCH3 is 2. The highest BCUT2D eigenvalue weighted by Crippen LogP contribution is 2.31. The quantitative estimate of drug-likeness (QED) is 0.306. The molecule has 0 fully saturated rings. The minimum absolute atomic E-state index is 0.0631. The summed E-state index contributed by atoms with van der Waals surface area (Å²) in [6.07, 6.45) is 0. The average Bonchev–Trinajstić information content (AvgIpc) is 3.07. The second kappa shape index (κ2) is 9.68. The van der Waals surface area contributed by atoms with Crippen LogP contribution in [0.2, 0.25) is 0 Å². The van der Waals surface area contributed by atoms with E-state index >= 15 is 0 Å². The topological polar surface area (TPSA) is 94.2 Å². The van der Waals surface area contributed by atoms with E-state index in [9.17, 15) is 14.4 Å². The van der Waals surface area contributed by atoms with E-state index in [1.54, 1.807) is 60.7 Å². The van der Waals surface area contributed by atoms with Crippen molar-refractivity contribution in [3.05, 3.63) is 89.1 Å². The lowest BCUT2D eigenvalue weighted by atomic mass is 10.2. The van der Waals surface area contributed by atoms with Gasteiger partial charge < -0.3 is 19.5 Å². The maximum atomic E-state index is 12.9. The van der Waals surface area contributed by atoms with Crippen LogP contribution in [0.25, 0.3) is 0 Å². The Balaban J connectivity index is 1.47. The van der Waals surface area contributed by atoms with Crippen molar-refractivity contribution in [2.45, 2.75) is 0 Å². The highest BCUT2D eigenvalue weighted by molar-refractivity contribution is 6.53. The number of nitrogens with one attached hydrogen (secondary N) is 1. The van der Waals surface area contributed by atoms with E-state index in [0.717, 1.165) is 4.90 Å². The number of esters is 1. The number of halogens is 1. The van der Waals surface area contributed by atoms with Crippen molar-refractivity contribution in [1.82, 2.24) is 0 Å². The zero-order valence-corrected chi connectivity index (χ0v) is 19.0. The number of amides is 2. The normalized spacial score (nSPS) is 13.2. The number of carbonyl (C=O) groups excluding carboxylic acids is 3. The molecule has 0 aliphatic carbocycles. The number of rotatable bonds is 7. The van der Waals surface area contributed by atoms with Gasteiger partial charge in [0.15, 0.2) is 11.5 Å². The van der Waals surface area contributed by atoms with Gasteiger partial charge >= 0.3 is 5.97 Å². The Morgan fingerprint density at radius 3 is 2.09 bits per heavy atom. The second-order valence-electron chi connectivity index (χ2n) is 7.08. The molecule has 0 bridgehead atoms. The number of hydrogen-bond donors (Lipinski definition) is 1. The Hall–Kier alpha value is -4.30. The van der Waals surface area contributed by atoms with Crippen LogP contribution in [-0.2, 0) is 9.59 Å². The number of carbonyl (C=O) groups is 3. The van der Waals surface area contributed by atoms with Crippen LogP contribution in [0.15, 0.2) is 83.5 Å². The highest BCUT2D eigenvalue weighted by Gasteiger charge is 2.39. The molecule has 34 heavy (non-hydrogen) atoms. The largest absolute Gasteiger partial charge is 0.497 e. The van der Waals surface area contributed by atoms with Crippen LogP contribution in [0, 0.1) is 0 Å². The molecule has 0 radical (unpaired) electrons. The predicted octanol–water partition coefficient (Wildman–Crippen LogP) is 4.36. The third-order valence-electron chi connectivity index (χ3n) is 5.02. The van der Waals surface area contributed by atoms with Crippen molar-refractivity contribution in [2.75, 3.05) is 24.4 Å².